The van der Waals surface area contributed by atoms with Crippen LogP contribution in [-0.4, -0.2) is 35.0 Å². The van der Waals surface area contributed by atoms with Gasteiger partial charge in [0.25, 0.3) is 5.91 Å². The van der Waals surface area contributed by atoms with Gasteiger partial charge in [0, 0.05) is 24.5 Å². The lowest BCUT2D eigenvalue weighted by Gasteiger charge is -2.33. The Morgan fingerprint density at radius 2 is 1.63 bits per heavy atom. The van der Waals surface area contributed by atoms with Crippen LogP contribution in [0.3, 0.4) is 0 Å². The topological polar surface area (TPSA) is 42.4 Å². The molecule has 0 aliphatic carbocycles. The molecule has 4 rings (SSSR count). The Balaban J connectivity index is 1.42. The highest BCUT2D eigenvalue weighted by molar-refractivity contribution is 5.94. The van der Waals surface area contributed by atoms with Crippen molar-refractivity contribution in [2.24, 2.45) is 0 Å². The van der Waals surface area contributed by atoms with Gasteiger partial charge in [-0.2, -0.15) is 0 Å². The number of nitrogens with zero attached hydrogens (tertiary/aromatic N) is 2. The molecule has 1 unspecified atom stereocenters. The van der Waals surface area contributed by atoms with Gasteiger partial charge < -0.3 is 9.64 Å². The van der Waals surface area contributed by atoms with Crippen molar-refractivity contribution in [3.8, 4) is 16.9 Å². The summed E-state index contributed by atoms with van der Waals surface area (Å²) in [5.41, 5.74) is 2.99. The molecule has 2 heterocycles. The van der Waals surface area contributed by atoms with E-state index in [-0.39, 0.29) is 12.0 Å². The molecule has 4 nitrogen and oxygen atoms in total. The number of benzene rings is 2. The molecular weight excluding hydrogens is 336 g/mol. The van der Waals surface area contributed by atoms with Crippen LogP contribution in [0.5, 0.6) is 5.75 Å². The molecule has 1 atom stereocenters. The van der Waals surface area contributed by atoms with E-state index in [1.54, 1.807) is 12.4 Å². The average molecular weight is 358 g/mol. The molecule has 1 aliphatic rings. The quantitative estimate of drug-likeness (QED) is 0.693. The lowest BCUT2D eigenvalue weighted by molar-refractivity contribution is 0.0538. The summed E-state index contributed by atoms with van der Waals surface area (Å²) in [5, 5.41) is 0. The summed E-state index contributed by atoms with van der Waals surface area (Å²) >= 11 is 0. The number of hydrogen-bond donors (Lipinski definition) is 0. The molecule has 2 aromatic carbocycles. The molecule has 1 saturated heterocycles. The Morgan fingerprint density at radius 3 is 2.37 bits per heavy atom. The summed E-state index contributed by atoms with van der Waals surface area (Å²) in [4.78, 5) is 18.8. The normalized spacial score (nSPS) is 16.7. The van der Waals surface area contributed by atoms with Crippen LogP contribution in [-0.2, 0) is 0 Å². The van der Waals surface area contributed by atoms with Crippen molar-refractivity contribution < 1.29 is 9.53 Å². The van der Waals surface area contributed by atoms with Crippen molar-refractivity contribution in [2.75, 3.05) is 13.1 Å². The Hall–Kier alpha value is -3.14. The van der Waals surface area contributed by atoms with Gasteiger partial charge in [-0.1, -0.05) is 42.5 Å². The van der Waals surface area contributed by atoms with Gasteiger partial charge in [-0.3, -0.25) is 9.78 Å². The fraction of sp³-hybridized carbons (Fsp3) is 0.217. The van der Waals surface area contributed by atoms with Crippen molar-refractivity contribution in [3.05, 3.63) is 84.7 Å². The van der Waals surface area contributed by atoms with Crippen LogP contribution in [0.25, 0.3) is 11.1 Å². The van der Waals surface area contributed by atoms with Gasteiger partial charge in [0.05, 0.1) is 6.54 Å². The average Bonchev–Trinajstić information content (AvgIpc) is 2.75. The summed E-state index contributed by atoms with van der Waals surface area (Å²) in [6.07, 6.45) is 5.36. The molecule has 0 N–H and O–H groups in total. The number of pyridine rings is 1. The van der Waals surface area contributed by atoms with E-state index in [1.165, 1.54) is 0 Å². The second-order valence-electron chi connectivity index (χ2n) is 6.76. The highest BCUT2D eigenvalue weighted by atomic mass is 16.5. The number of likely N-dealkylation sites (tertiary alicyclic amines) is 1. The molecule has 1 aliphatic heterocycles. The summed E-state index contributed by atoms with van der Waals surface area (Å²) < 4.78 is 6.01. The molecule has 0 bridgehead atoms. The highest BCUT2D eigenvalue weighted by Gasteiger charge is 2.25. The van der Waals surface area contributed by atoms with Gasteiger partial charge in [-0.15, -0.1) is 0 Å². The van der Waals surface area contributed by atoms with Crippen LogP contribution in [0.2, 0.25) is 0 Å². The molecule has 0 spiro atoms. The van der Waals surface area contributed by atoms with Crippen molar-refractivity contribution in [3.63, 3.8) is 0 Å². The Bertz CT molecular complexity index is 879. The fourth-order valence-electron chi connectivity index (χ4n) is 3.45. The van der Waals surface area contributed by atoms with Crippen molar-refractivity contribution in [2.45, 2.75) is 18.9 Å². The van der Waals surface area contributed by atoms with Gasteiger partial charge >= 0.3 is 0 Å². The smallest absolute Gasteiger partial charge is 0.253 e. The second-order valence-corrected chi connectivity index (χ2v) is 6.76. The maximum Gasteiger partial charge on any atom is 0.253 e. The molecule has 1 fully saturated rings. The molecule has 136 valence electrons. The third-order valence-electron chi connectivity index (χ3n) is 4.86. The van der Waals surface area contributed by atoms with E-state index < -0.39 is 0 Å². The lowest BCUT2D eigenvalue weighted by Crippen LogP contribution is -2.44. The summed E-state index contributed by atoms with van der Waals surface area (Å²) in [6, 6.07) is 21.7. The monoisotopic (exact) mass is 358 g/mol. The maximum absolute atomic E-state index is 12.9. The Morgan fingerprint density at radius 1 is 0.926 bits per heavy atom. The Kier molecular flexibility index (Phi) is 5.15. The van der Waals surface area contributed by atoms with E-state index in [1.807, 2.05) is 59.5 Å². The first-order chi connectivity index (χ1) is 13.3. The van der Waals surface area contributed by atoms with Crippen LogP contribution in [0, 0.1) is 0 Å². The van der Waals surface area contributed by atoms with E-state index in [9.17, 15) is 4.79 Å². The minimum atomic E-state index is 0.0219. The van der Waals surface area contributed by atoms with E-state index >= 15 is 0 Å². The van der Waals surface area contributed by atoms with Gasteiger partial charge in [0.1, 0.15) is 11.9 Å². The summed E-state index contributed by atoms with van der Waals surface area (Å²) in [5.74, 6) is 0.870. The van der Waals surface area contributed by atoms with Crippen molar-refractivity contribution >= 4 is 5.91 Å². The first-order valence-electron chi connectivity index (χ1n) is 9.31. The Labute approximate surface area is 159 Å². The number of amides is 1. The van der Waals surface area contributed by atoms with E-state index in [2.05, 4.69) is 17.1 Å². The molecule has 27 heavy (non-hydrogen) atoms. The highest BCUT2D eigenvalue weighted by Crippen LogP contribution is 2.22. The van der Waals surface area contributed by atoms with Crippen LogP contribution < -0.4 is 4.74 Å². The molecular formula is C23H22N2O2. The molecule has 3 aromatic rings. The summed E-state index contributed by atoms with van der Waals surface area (Å²) in [6.45, 7) is 1.39. The van der Waals surface area contributed by atoms with E-state index in [0.29, 0.717) is 6.54 Å². The number of rotatable bonds is 4. The van der Waals surface area contributed by atoms with Gasteiger partial charge in [0.15, 0.2) is 0 Å². The molecule has 1 aromatic heterocycles. The predicted octanol–water partition coefficient (Wildman–Crippen LogP) is 4.43. The molecule has 0 saturated carbocycles. The van der Waals surface area contributed by atoms with E-state index in [0.717, 1.165) is 41.8 Å². The SMILES string of the molecule is O=C(c1ccc(-c2ccccc2)cc1)N1CCCC(Oc2ccncc2)C1. The minimum Gasteiger partial charge on any atom is -0.488 e. The van der Waals surface area contributed by atoms with Crippen LogP contribution in [0.1, 0.15) is 23.2 Å². The third-order valence-corrected chi connectivity index (χ3v) is 4.86. The number of hydrogen-bond acceptors (Lipinski definition) is 3. The molecule has 1 amide bonds. The fourth-order valence-corrected chi connectivity index (χ4v) is 3.45. The molecule has 0 radical (unpaired) electrons. The van der Waals surface area contributed by atoms with Gasteiger partial charge in [-0.05, 0) is 48.2 Å². The van der Waals surface area contributed by atoms with E-state index in [4.69, 9.17) is 4.74 Å². The zero-order valence-corrected chi connectivity index (χ0v) is 15.1. The maximum atomic E-state index is 12.9. The number of piperidine rings is 1. The minimum absolute atomic E-state index is 0.0219. The lowest BCUT2D eigenvalue weighted by atomic mass is 10.0. The standard InChI is InChI=1S/C23H22N2O2/c26-23(20-10-8-19(9-11-20)18-5-2-1-3-6-18)25-16-4-7-22(17-25)27-21-12-14-24-15-13-21/h1-3,5-6,8-15,22H,4,7,16-17H2. The summed E-state index contributed by atoms with van der Waals surface area (Å²) in [7, 11) is 0. The van der Waals surface area contributed by atoms with Gasteiger partial charge in [-0.25, -0.2) is 0 Å². The zero-order chi connectivity index (χ0) is 18.5. The third kappa shape index (κ3) is 4.17. The molecule has 4 heteroatoms. The van der Waals surface area contributed by atoms with Crippen molar-refractivity contribution in [1.29, 1.82) is 0 Å². The second kappa shape index (κ2) is 8.04. The van der Waals surface area contributed by atoms with Crippen LogP contribution in [0.15, 0.2) is 79.1 Å². The predicted molar refractivity (Wildman–Crippen MR) is 106 cm³/mol. The number of carbonyl (C=O) groups excluding carboxylic acids is 1. The first kappa shape index (κ1) is 17.3. The van der Waals surface area contributed by atoms with Gasteiger partial charge in [0.2, 0.25) is 0 Å². The zero-order valence-electron chi connectivity index (χ0n) is 15.1. The van der Waals surface area contributed by atoms with Crippen LogP contribution >= 0.6 is 0 Å². The van der Waals surface area contributed by atoms with Crippen molar-refractivity contribution in [1.82, 2.24) is 9.88 Å². The first-order valence-corrected chi connectivity index (χ1v) is 9.31. The number of carbonyl (C=O) groups is 1. The number of ether oxygens (including phenoxy) is 1. The number of aromatic nitrogens is 1. The largest absolute Gasteiger partial charge is 0.488 e. The van der Waals surface area contributed by atoms with Crippen LogP contribution in [0.4, 0.5) is 0 Å².